The van der Waals surface area contributed by atoms with E-state index >= 15 is 0 Å². The number of rotatable bonds is 4. The molecule has 0 saturated carbocycles. The molecule has 0 amide bonds. The number of hydrogen-bond donors (Lipinski definition) is 1. The SMILES string of the molecule is Cc1cc(CO)cc(OCc2ccc(Br)cc2)n1. The predicted octanol–water partition coefficient (Wildman–Crippen LogP) is 3.22. The zero-order valence-electron chi connectivity index (χ0n) is 10.1. The van der Waals surface area contributed by atoms with Gasteiger partial charge in [-0.25, -0.2) is 4.98 Å². The summed E-state index contributed by atoms with van der Waals surface area (Å²) in [7, 11) is 0. The summed E-state index contributed by atoms with van der Waals surface area (Å²) in [5, 5.41) is 9.11. The summed E-state index contributed by atoms with van der Waals surface area (Å²) in [5.74, 6) is 0.543. The van der Waals surface area contributed by atoms with Crippen molar-refractivity contribution in [3.05, 3.63) is 57.7 Å². The van der Waals surface area contributed by atoms with Gasteiger partial charge < -0.3 is 9.84 Å². The smallest absolute Gasteiger partial charge is 0.214 e. The molecule has 0 aliphatic heterocycles. The van der Waals surface area contributed by atoms with Crippen LogP contribution >= 0.6 is 15.9 Å². The monoisotopic (exact) mass is 307 g/mol. The molecule has 18 heavy (non-hydrogen) atoms. The van der Waals surface area contributed by atoms with Gasteiger partial charge in [0.05, 0.1) is 6.61 Å². The number of aromatic nitrogens is 1. The van der Waals surface area contributed by atoms with Gasteiger partial charge in [-0.1, -0.05) is 28.1 Å². The van der Waals surface area contributed by atoms with E-state index in [1.807, 2.05) is 37.3 Å². The first-order chi connectivity index (χ1) is 8.67. The quantitative estimate of drug-likeness (QED) is 0.943. The maximum absolute atomic E-state index is 9.11. The number of halogens is 1. The van der Waals surface area contributed by atoms with E-state index in [4.69, 9.17) is 9.84 Å². The lowest BCUT2D eigenvalue weighted by Crippen LogP contribution is -1.99. The Morgan fingerprint density at radius 2 is 1.89 bits per heavy atom. The van der Waals surface area contributed by atoms with Crippen LogP contribution in [0.15, 0.2) is 40.9 Å². The molecule has 1 aromatic heterocycles. The third-order valence-corrected chi connectivity index (χ3v) is 3.00. The molecule has 0 fully saturated rings. The first-order valence-electron chi connectivity index (χ1n) is 5.63. The molecule has 0 aliphatic carbocycles. The first-order valence-corrected chi connectivity index (χ1v) is 6.42. The van der Waals surface area contributed by atoms with Crippen LogP contribution in [0, 0.1) is 6.92 Å². The summed E-state index contributed by atoms with van der Waals surface area (Å²) >= 11 is 3.39. The van der Waals surface area contributed by atoms with Crippen LogP contribution in [0.4, 0.5) is 0 Å². The number of nitrogens with zero attached hydrogens (tertiary/aromatic N) is 1. The van der Waals surface area contributed by atoms with E-state index in [1.54, 1.807) is 6.07 Å². The van der Waals surface area contributed by atoms with Crippen molar-refractivity contribution in [3.8, 4) is 5.88 Å². The van der Waals surface area contributed by atoms with Crippen molar-refractivity contribution in [2.24, 2.45) is 0 Å². The molecule has 4 heteroatoms. The Bertz CT molecular complexity index is 526. The number of hydrogen-bond acceptors (Lipinski definition) is 3. The maximum atomic E-state index is 9.11. The lowest BCUT2D eigenvalue weighted by Gasteiger charge is -2.08. The second kappa shape index (κ2) is 5.98. The molecule has 2 aromatic rings. The molecule has 0 bridgehead atoms. The second-order valence-electron chi connectivity index (χ2n) is 4.03. The van der Waals surface area contributed by atoms with Crippen LogP contribution < -0.4 is 4.74 Å². The van der Waals surface area contributed by atoms with Crippen LogP contribution in [-0.4, -0.2) is 10.1 Å². The zero-order chi connectivity index (χ0) is 13.0. The molecular weight excluding hydrogens is 294 g/mol. The highest BCUT2D eigenvalue weighted by Crippen LogP contribution is 2.15. The minimum Gasteiger partial charge on any atom is -0.473 e. The Kier molecular flexibility index (Phi) is 4.33. The van der Waals surface area contributed by atoms with Crippen molar-refractivity contribution < 1.29 is 9.84 Å². The summed E-state index contributed by atoms with van der Waals surface area (Å²) in [6, 6.07) is 11.5. The standard InChI is InChI=1S/C14H14BrNO2/c1-10-6-12(8-17)7-14(16-10)18-9-11-2-4-13(15)5-3-11/h2-7,17H,8-9H2,1H3. The predicted molar refractivity (Wildman–Crippen MR) is 73.4 cm³/mol. The molecule has 0 saturated heterocycles. The number of aliphatic hydroxyl groups excluding tert-OH is 1. The van der Waals surface area contributed by atoms with E-state index in [1.165, 1.54) is 0 Å². The van der Waals surface area contributed by atoms with Gasteiger partial charge >= 0.3 is 0 Å². The lowest BCUT2D eigenvalue weighted by molar-refractivity contribution is 0.274. The third kappa shape index (κ3) is 3.55. The van der Waals surface area contributed by atoms with E-state index in [2.05, 4.69) is 20.9 Å². The zero-order valence-corrected chi connectivity index (χ0v) is 11.6. The molecule has 1 N–H and O–H groups in total. The minimum absolute atomic E-state index is 0.00198. The fourth-order valence-electron chi connectivity index (χ4n) is 1.61. The molecular formula is C14H14BrNO2. The number of benzene rings is 1. The Morgan fingerprint density at radius 3 is 2.56 bits per heavy atom. The highest BCUT2D eigenvalue weighted by molar-refractivity contribution is 9.10. The molecule has 0 atom stereocenters. The van der Waals surface area contributed by atoms with Crippen molar-refractivity contribution in [1.82, 2.24) is 4.98 Å². The highest BCUT2D eigenvalue weighted by Gasteiger charge is 2.01. The fourth-order valence-corrected chi connectivity index (χ4v) is 1.87. The van der Waals surface area contributed by atoms with Gasteiger partial charge in [0.15, 0.2) is 0 Å². The van der Waals surface area contributed by atoms with Crippen LogP contribution in [0.1, 0.15) is 16.8 Å². The normalized spacial score (nSPS) is 10.4. The van der Waals surface area contributed by atoms with Crippen LogP contribution in [0.3, 0.4) is 0 Å². The highest BCUT2D eigenvalue weighted by atomic mass is 79.9. The fraction of sp³-hybridized carbons (Fsp3) is 0.214. The van der Waals surface area contributed by atoms with Gasteiger partial charge in [-0.2, -0.15) is 0 Å². The van der Waals surface area contributed by atoms with Crippen molar-refractivity contribution in [1.29, 1.82) is 0 Å². The van der Waals surface area contributed by atoms with Gasteiger partial charge in [0.2, 0.25) is 5.88 Å². The molecule has 0 unspecified atom stereocenters. The van der Waals surface area contributed by atoms with Crippen LogP contribution in [0.2, 0.25) is 0 Å². The van der Waals surface area contributed by atoms with Gasteiger partial charge in [-0.3, -0.25) is 0 Å². The van der Waals surface area contributed by atoms with Gasteiger partial charge in [0.25, 0.3) is 0 Å². The van der Waals surface area contributed by atoms with E-state index in [0.717, 1.165) is 21.3 Å². The number of pyridine rings is 1. The van der Waals surface area contributed by atoms with E-state index in [0.29, 0.717) is 12.5 Å². The minimum atomic E-state index is -0.00198. The summed E-state index contributed by atoms with van der Waals surface area (Å²) in [6.45, 7) is 2.35. The molecule has 0 aliphatic rings. The summed E-state index contributed by atoms with van der Waals surface area (Å²) in [4.78, 5) is 4.27. The summed E-state index contributed by atoms with van der Waals surface area (Å²) in [6.07, 6.45) is 0. The second-order valence-corrected chi connectivity index (χ2v) is 4.94. The summed E-state index contributed by atoms with van der Waals surface area (Å²) < 4.78 is 6.66. The third-order valence-electron chi connectivity index (χ3n) is 2.47. The number of aryl methyl sites for hydroxylation is 1. The molecule has 0 radical (unpaired) electrons. The molecule has 3 nitrogen and oxygen atoms in total. The van der Waals surface area contributed by atoms with Crippen molar-refractivity contribution >= 4 is 15.9 Å². The van der Waals surface area contributed by atoms with E-state index in [-0.39, 0.29) is 6.61 Å². The molecule has 0 spiro atoms. The van der Waals surface area contributed by atoms with E-state index in [9.17, 15) is 0 Å². The first kappa shape index (κ1) is 13.1. The maximum Gasteiger partial charge on any atom is 0.214 e. The average Bonchev–Trinajstić information content (AvgIpc) is 2.37. The van der Waals surface area contributed by atoms with Crippen molar-refractivity contribution in [2.45, 2.75) is 20.1 Å². The summed E-state index contributed by atoms with van der Waals surface area (Å²) in [5.41, 5.74) is 2.73. The number of aliphatic hydroxyl groups is 1. The number of ether oxygens (including phenoxy) is 1. The van der Waals surface area contributed by atoms with Crippen molar-refractivity contribution in [3.63, 3.8) is 0 Å². The van der Waals surface area contributed by atoms with E-state index < -0.39 is 0 Å². The Hall–Kier alpha value is -1.39. The van der Waals surface area contributed by atoms with Gasteiger partial charge in [0, 0.05) is 16.2 Å². The molecule has 1 aromatic carbocycles. The molecule has 1 heterocycles. The average molecular weight is 308 g/mol. The molecule has 2 rings (SSSR count). The Labute approximate surface area is 115 Å². The molecule has 94 valence electrons. The largest absolute Gasteiger partial charge is 0.473 e. The lowest BCUT2D eigenvalue weighted by atomic mass is 10.2. The van der Waals surface area contributed by atoms with Gasteiger partial charge in [-0.15, -0.1) is 0 Å². The Morgan fingerprint density at radius 1 is 1.17 bits per heavy atom. The topological polar surface area (TPSA) is 42.4 Å². The van der Waals surface area contributed by atoms with Crippen LogP contribution in [-0.2, 0) is 13.2 Å². The van der Waals surface area contributed by atoms with Gasteiger partial charge in [-0.05, 0) is 36.2 Å². The van der Waals surface area contributed by atoms with Crippen LogP contribution in [0.25, 0.3) is 0 Å². The van der Waals surface area contributed by atoms with Crippen molar-refractivity contribution in [2.75, 3.05) is 0 Å². The van der Waals surface area contributed by atoms with Crippen LogP contribution in [0.5, 0.6) is 5.88 Å². The Balaban J connectivity index is 2.05. The van der Waals surface area contributed by atoms with Gasteiger partial charge in [0.1, 0.15) is 6.61 Å².